The van der Waals surface area contributed by atoms with Crippen molar-refractivity contribution in [1.82, 2.24) is 5.32 Å². The normalized spacial score (nSPS) is 11.4. The van der Waals surface area contributed by atoms with E-state index in [-0.39, 0.29) is 18.2 Å². The zero-order valence-corrected chi connectivity index (χ0v) is 8.41. The summed E-state index contributed by atoms with van der Waals surface area (Å²) in [6.07, 6.45) is 4.38. The van der Waals surface area contributed by atoms with Crippen LogP contribution in [0.25, 0.3) is 0 Å². The van der Waals surface area contributed by atoms with E-state index in [1.165, 1.54) is 32.3 Å². The Morgan fingerprint density at radius 2 is 2.14 bits per heavy atom. The van der Waals surface area contributed by atoms with Crippen LogP contribution in [0.4, 0.5) is 0 Å². The van der Waals surface area contributed by atoms with Gasteiger partial charge < -0.3 is 5.32 Å². The van der Waals surface area contributed by atoms with Crippen LogP contribution in [-0.2, 0) is 9.59 Å². The summed E-state index contributed by atoms with van der Waals surface area (Å²) in [4.78, 5) is 25.6. The van der Waals surface area contributed by atoms with E-state index >= 15 is 0 Å². The minimum Gasteiger partial charge on any atom is -0.355 e. The molecule has 0 saturated carbocycles. The molecule has 0 fully saturated rings. The Hall–Kier alpha value is -1.71. The number of rotatable bonds is 5. The quantitative estimate of drug-likeness (QED) is 0.393. The van der Waals surface area contributed by atoms with E-state index < -0.39 is 0 Å². The first-order valence-corrected chi connectivity index (χ1v) is 4.16. The molecular formula is C10H14N2O2. The summed E-state index contributed by atoms with van der Waals surface area (Å²) in [6.45, 7) is 5.00. The van der Waals surface area contributed by atoms with Gasteiger partial charge in [0.2, 0.25) is 0 Å². The van der Waals surface area contributed by atoms with Crippen molar-refractivity contribution in [2.75, 3.05) is 13.6 Å². The average molecular weight is 194 g/mol. The van der Waals surface area contributed by atoms with Crippen LogP contribution in [-0.4, -0.2) is 31.5 Å². The predicted molar refractivity (Wildman–Crippen MR) is 56.4 cm³/mol. The SMILES string of the molecule is C=C/C=C(\C=NCC(C)=O)C(=O)NC. The molecule has 1 amide bonds. The highest BCUT2D eigenvalue weighted by Crippen LogP contribution is 1.91. The Morgan fingerprint density at radius 3 is 2.57 bits per heavy atom. The van der Waals surface area contributed by atoms with Crippen LogP contribution < -0.4 is 5.32 Å². The van der Waals surface area contributed by atoms with Gasteiger partial charge in [-0.1, -0.05) is 12.7 Å². The van der Waals surface area contributed by atoms with E-state index in [0.29, 0.717) is 5.57 Å². The van der Waals surface area contributed by atoms with Gasteiger partial charge >= 0.3 is 0 Å². The number of amides is 1. The molecule has 76 valence electrons. The number of nitrogens with one attached hydrogen (secondary N) is 1. The van der Waals surface area contributed by atoms with Gasteiger partial charge in [0.05, 0.1) is 12.1 Å². The lowest BCUT2D eigenvalue weighted by Crippen LogP contribution is -2.20. The molecule has 4 nitrogen and oxygen atoms in total. The molecule has 14 heavy (non-hydrogen) atoms. The molecule has 0 aliphatic heterocycles. The van der Waals surface area contributed by atoms with E-state index in [4.69, 9.17) is 0 Å². The van der Waals surface area contributed by atoms with Crippen molar-refractivity contribution in [3.63, 3.8) is 0 Å². The molecule has 0 aliphatic rings. The molecule has 1 N–H and O–H groups in total. The summed E-state index contributed by atoms with van der Waals surface area (Å²) < 4.78 is 0. The first-order valence-electron chi connectivity index (χ1n) is 4.16. The van der Waals surface area contributed by atoms with Crippen LogP contribution >= 0.6 is 0 Å². The third kappa shape index (κ3) is 5.03. The fraction of sp³-hybridized carbons (Fsp3) is 0.300. The van der Waals surface area contributed by atoms with Crippen molar-refractivity contribution in [3.8, 4) is 0 Å². The summed E-state index contributed by atoms with van der Waals surface area (Å²) in [6, 6.07) is 0. The lowest BCUT2D eigenvalue weighted by Gasteiger charge is -1.97. The minimum absolute atomic E-state index is 0.0453. The molecule has 0 spiro atoms. The van der Waals surface area contributed by atoms with E-state index in [1.54, 1.807) is 0 Å². The number of ketones is 1. The number of carbonyl (C=O) groups is 2. The van der Waals surface area contributed by atoms with Crippen LogP contribution in [0, 0.1) is 0 Å². The number of allylic oxidation sites excluding steroid dienone is 2. The molecule has 0 aromatic heterocycles. The van der Waals surface area contributed by atoms with Crippen molar-refractivity contribution >= 4 is 17.9 Å². The largest absolute Gasteiger partial charge is 0.355 e. The Balaban J connectivity index is 4.46. The average Bonchev–Trinajstić information content (AvgIpc) is 2.15. The molecule has 0 aromatic rings. The fourth-order valence-corrected chi connectivity index (χ4v) is 0.721. The first kappa shape index (κ1) is 12.3. The zero-order chi connectivity index (χ0) is 11.0. The minimum atomic E-state index is -0.253. The summed E-state index contributed by atoms with van der Waals surface area (Å²) in [5.41, 5.74) is 0.378. The number of aliphatic imine (C=N–C) groups is 1. The van der Waals surface area contributed by atoms with E-state index in [1.807, 2.05) is 0 Å². The van der Waals surface area contributed by atoms with Crippen LogP contribution in [0.1, 0.15) is 6.92 Å². The molecule has 0 unspecified atom stereocenters. The van der Waals surface area contributed by atoms with Gasteiger partial charge in [-0.05, 0) is 13.0 Å². The Labute approximate surface area is 83.4 Å². The van der Waals surface area contributed by atoms with Gasteiger partial charge in [0.1, 0.15) is 0 Å². The van der Waals surface area contributed by atoms with Crippen LogP contribution in [0.2, 0.25) is 0 Å². The predicted octanol–water partition coefficient (Wildman–Crippen LogP) is 0.505. The maximum atomic E-state index is 11.2. The second kappa shape index (κ2) is 6.77. The van der Waals surface area contributed by atoms with Gasteiger partial charge in [-0.15, -0.1) is 0 Å². The van der Waals surface area contributed by atoms with E-state index in [9.17, 15) is 9.59 Å². The highest BCUT2D eigenvalue weighted by Gasteiger charge is 2.02. The standard InChI is InChI=1S/C10H14N2O2/c1-4-5-9(10(14)11-3)7-12-6-8(2)13/h4-5,7H,1,6H2,2-3H3,(H,11,14)/b9-5+,12-7?. The molecule has 0 atom stereocenters. The number of Topliss-reactive ketones (excluding diaryl/α,β-unsaturated/α-hetero) is 1. The molecule has 0 rings (SSSR count). The second-order valence-corrected chi connectivity index (χ2v) is 2.61. The van der Waals surface area contributed by atoms with Crippen molar-refractivity contribution < 1.29 is 9.59 Å². The zero-order valence-electron chi connectivity index (χ0n) is 8.41. The third-order valence-corrected chi connectivity index (χ3v) is 1.33. The van der Waals surface area contributed by atoms with Gasteiger partial charge in [0.15, 0.2) is 5.78 Å². The number of likely N-dealkylation sites (N-methyl/N-ethyl adjacent to an activating group) is 1. The van der Waals surface area contributed by atoms with Gasteiger partial charge in [0.25, 0.3) is 5.91 Å². The van der Waals surface area contributed by atoms with Crippen LogP contribution in [0.15, 0.2) is 29.3 Å². The highest BCUT2D eigenvalue weighted by atomic mass is 16.1. The summed E-state index contributed by atoms with van der Waals surface area (Å²) in [5, 5.41) is 2.46. The van der Waals surface area contributed by atoms with E-state index in [2.05, 4.69) is 16.9 Å². The second-order valence-electron chi connectivity index (χ2n) is 2.61. The van der Waals surface area contributed by atoms with Gasteiger partial charge in [-0.2, -0.15) is 0 Å². The Bertz CT molecular complexity index is 290. The third-order valence-electron chi connectivity index (χ3n) is 1.33. The van der Waals surface area contributed by atoms with E-state index in [0.717, 1.165) is 0 Å². The molecule has 0 bridgehead atoms. The molecule has 4 heteroatoms. The van der Waals surface area contributed by atoms with Crippen molar-refractivity contribution in [3.05, 3.63) is 24.3 Å². The number of hydrogen-bond donors (Lipinski definition) is 1. The Kier molecular flexibility index (Phi) is 5.94. The van der Waals surface area contributed by atoms with Crippen molar-refractivity contribution in [1.29, 1.82) is 0 Å². The smallest absolute Gasteiger partial charge is 0.252 e. The lowest BCUT2D eigenvalue weighted by molar-refractivity contribution is -0.117. The van der Waals surface area contributed by atoms with Gasteiger partial charge in [-0.3, -0.25) is 14.6 Å². The number of hydrogen-bond acceptors (Lipinski definition) is 3. The molecular weight excluding hydrogens is 180 g/mol. The summed E-state index contributed by atoms with van der Waals surface area (Å²) >= 11 is 0. The molecule has 0 radical (unpaired) electrons. The summed E-state index contributed by atoms with van der Waals surface area (Å²) in [5.74, 6) is -0.298. The number of nitrogens with zero attached hydrogens (tertiary/aromatic N) is 1. The summed E-state index contributed by atoms with van der Waals surface area (Å²) in [7, 11) is 1.53. The maximum Gasteiger partial charge on any atom is 0.252 e. The van der Waals surface area contributed by atoms with Crippen molar-refractivity contribution in [2.45, 2.75) is 6.92 Å². The van der Waals surface area contributed by atoms with Crippen LogP contribution in [0.5, 0.6) is 0 Å². The topological polar surface area (TPSA) is 58.5 Å². The monoisotopic (exact) mass is 194 g/mol. The first-order chi connectivity index (χ1) is 6.61. The molecule has 0 heterocycles. The molecule has 0 saturated heterocycles. The molecule has 0 aliphatic carbocycles. The Morgan fingerprint density at radius 1 is 1.50 bits per heavy atom. The van der Waals surface area contributed by atoms with Crippen molar-refractivity contribution in [2.24, 2.45) is 4.99 Å². The van der Waals surface area contributed by atoms with Gasteiger partial charge in [0, 0.05) is 13.3 Å². The maximum absolute atomic E-state index is 11.2. The highest BCUT2D eigenvalue weighted by molar-refractivity contribution is 6.12. The van der Waals surface area contributed by atoms with Gasteiger partial charge in [-0.25, -0.2) is 0 Å². The van der Waals surface area contributed by atoms with Crippen LogP contribution in [0.3, 0.4) is 0 Å². The fourth-order valence-electron chi connectivity index (χ4n) is 0.721. The lowest BCUT2D eigenvalue weighted by atomic mass is 10.2. The number of carbonyl (C=O) groups excluding carboxylic acids is 2. The molecule has 0 aromatic carbocycles.